The monoisotopic (exact) mass is 592 g/mol. The number of aromatic nitrogens is 2. The Morgan fingerprint density at radius 1 is 1.02 bits per heavy atom. The van der Waals surface area contributed by atoms with Gasteiger partial charge in [0, 0.05) is 30.2 Å². The fourth-order valence-corrected chi connectivity index (χ4v) is 7.45. The largest absolute Gasteiger partial charge is 0.478 e. The number of aromatic carboxylic acids is 1. The summed E-state index contributed by atoms with van der Waals surface area (Å²) >= 11 is 0. The summed E-state index contributed by atoms with van der Waals surface area (Å²) in [7, 11) is 0. The number of aromatic amines is 1. The van der Waals surface area contributed by atoms with E-state index in [1.165, 1.54) is 16.7 Å². The van der Waals surface area contributed by atoms with Crippen molar-refractivity contribution in [1.29, 1.82) is 0 Å². The Labute approximate surface area is 260 Å². The van der Waals surface area contributed by atoms with Crippen molar-refractivity contribution in [3.63, 3.8) is 0 Å². The molecule has 2 fully saturated rings. The van der Waals surface area contributed by atoms with Gasteiger partial charge in [-0.3, -0.25) is 4.79 Å². The maximum absolute atomic E-state index is 14.0. The molecular formula is C37H44N4O3. The molecule has 6 rings (SSSR count). The Balaban J connectivity index is 1.29. The highest BCUT2D eigenvalue weighted by Gasteiger charge is 2.47. The number of aryl methyl sites for hydroxylation is 2. The number of pyridine rings is 1. The van der Waals surface area contributed by atoms with Crippen LogP contribution < -0.4 is 5.32 Å². The molecule has 2 aliphatic heterocycles. The Hall–Kier alpha value is -3.97. The molecule has 2 bridgehead atoms. The molecule has 1 amide bonds. The lowest BCUT2D eigenvalue weighted by Crippen LogP contribution is -2.46. The first kappa shape index (κ1) is 30.1. The molecule has 7 nitrogen and oxygen atoms in total. The number of amides is 1. The van der Waals surface area contributed by atoms with E-state index in [0.717, 1.165) is 78.6 Å². The van der Waals surface area contributed by atoms with Gasteiger partial charge in [0.25, 0.3) is 0 Å². The highest BCUT2D eigenvalue weighted by molar-refractivity contribution is 5.93. The van der Waals surface area contributed by atoms with Crippen LogP contribution in [0.25, 0.3) is 22.3 Å². The fourth-order valence-electron chi connectivity index (χ4n) is 7.45. The van der Waals surface area contributed by atoms with Crippen molar-refractivity contribution in [1.82, 2.24) is 20.2 Å². The third-order valence-corrected chi connectivity index (χ3v) is 9.88. The van der Waals surface area contributed by atoms with Crippen molar-refractivity contribution >= 4 is 22.9 Å². The second-order valence-corrected chi connectivity index (χ2v) is 13.6. The minimum absolute atomic E-state index is 0.166. The normalized spacial score (nSPS) is 18.7. The number of rotatable bonds is 10. The lowest BCUT2D eigenvalue weighted by molar-refractivity contribution is -0.137. The van der Waals surface area contributed by atoms with Crippen molar-refractivity contribution < 1.29 is 14.7 Å². The molecule has 2 aromatic carbocycles. The van der Waals surface area contributed by atoms with Crippen LogP contribution in [0.1, 0.15) is 90.5 Å². The topological polar surface area (TPSA) is 98.3 Å². The lowest BCUT2D eigenvalue weighted by atomic mass is 9.82. The molecule has 44 heavy (non-hydrogen) atoms. The fraction of sp³-hybridized carbons (Fsp3) is 0.432. The summed E-state index contributed by atoms with van der Waals surface area (Å²) in [6, 6.07) is 16.7. The lowest BCUT2D eigenvalue weighted by Gasteiger charge is -2.32. The third-order valence-electron chi connectivity index (χ3n) is 9.88. The third kappa shape index (κ3) is 5.65. The quantitative estimate of drug-likeness (QED) is 0.174. The zero-order valence-electron chi connectivity index (χ0n) is 26.5. The standard InChI is InChI=1S/C37H44N4O3/c1-22-16-23(2)18-27(17-22)33-32(24(3)20-38-15-14-25-6-8-26(9-7-25)35(42)43)31-19-28(21-39-34(31)40-33)37(4,5)36(44)41-29-10-11-30(41)13-12-29/h6-9,16-19,21,24,29-30,38H,10-15,20H2,1-5H3,(H,39,40)(H,42,43). The summed E-state index contributed by atoms with van der Waals surface area (Å²) in [5.74, 6) is -0.518. The van der Waals surface area contributed by atoms with Crippen LogP contribution >= 0.6 is 0 Å². The minimum Gasteiger partial charge on any atom is -0.478 e. The van der Waals surface area contributed by atoms with E-state index < -0.39 is 11.4 Å². The molecule has 1 atom stereocenters. The van der Waals surface area contributed by atoms with Gasteiger partial charge in [0.15, 0.2) is 0 Å². The first-order valence-corrected chi connectivity index (χ1v) is 16.0. The molecular weight excluding hydrogens is 548 g/mol. The molecule has 230 valence electrons. The number of nitrogens with zero attached hydrogens (tertiary/aromatic N) is 2. The van der Waals surface area contributed by atoms with Crippen LogP contribution in [0.15, 0.2) is 54.7 Å². The van der Waals surface area contributed by atoms with Gasteiger partial charge in [0.1, 0.15) is 5.65 Å². The molecule has 4 heterocycles. The second-order valence-electron chi connectivity index (χ2n) is 13.6. The summed E-state index contributed by atoms with van der Waals surface area (Å²) in [4.78, 5) is 35.9. The molecule has 2 saturated heterocycles. The van der Waals surface area contributed by atoms with Gasteiger partial charge in [-0.25, -0.2) is 9.78 Å². The minimum atomic E-state index is -0.907. The molecule has 0 radical (unpaired) electrons. The van der Waals surface area contributed by atoms with Crippen molar-refractivity contribution in [2.24, 2.45) is 0 Å². The number of hydrogen-bond acceptors (Lipinski definition) is 4. The Morgan fingerprint density at radius 2 is 1.66 bits per heavy atom. The zero-order valence-corrected chi connectivity index (χ0v) is 26.5. The van der Waals surface area contributed by atoms with Crippen LogP contribution in [0.3, 0.4) is 0 Å². The van der Waals surface area contributed by atoms with Crippen LogP contribution in [0.4, 0.5) is 0 Å². The smallest absolute Gasteiger partial charge is 0.335 e. The number of carbonyl (C=O) groups is 2. The van der Waals surface area contributed by atoms with Gasteiger partial charge >= 0.3 is 5.97 Å². The van der Waals surface area contributed by atoms with Crippen molar-refractivity contribution in [3.8, 4) is 11.3 Å². The summed E-state index contributed by atoms with van der Waals surface area (Å²) in [5.41, 5.74) is 8.40. The number of carboxylic acid groups (broad SMARTS) is 1. The average molecular weight is 593 g/mol. The van der Waals surface area contributed by atoms with Gasteiger partial charge < -0.3 is 20.3 Å². The summed E-state index contributed by atoms with van der Waals surface area (Å²) in [5, 5.41) is 13.9. The van der Waals surface area contributed by atoms with Crippen molar-refractivity contribution in [2.75, 3.05) is 13.1 Å². The number of carboxylic acids is 1. The highest BCUT2D eigenvalue weighted by atomic mass is 16.4. The van der Waals surface area contributed by atoms with Gasteiger partial charge in [-0.1, -0.05) is 36.2 Å². The van der Waals surface area contributed by atoms with E-state index in [9.17, 15) is 14.7 Å². The Bertz CT molecular complexity index is 1660. The molecule has 3 N–H and O–H groups in total. The van der Waals surface area contributed by atoms with Gasteiger partial charge in [-0.05, 0) is 125 Å². The van der Waals surface area contributed by atoms with E-state index >= 15 is 0 Å². The van der Waals surface area contributed by atoms with Crippen LogP contribution in [-0.4, -0.2) is 57.0 Å². The van der Waals surface area contributed by atoms with Crippen LogP contribution in [0.5, 0.6) is 0 Å². The first-order chi connectivity index (χ1) is 21.0. The molecule has 0 spiro atoms. The predicted molar refractivity (Wildman–Crippen MR) is 175 cm³/mol. The molecule has 0 saturated carbocycles. The molecule has 7 heteroatoms. The average Bonchev–Trinajstić information content (AvgIpc) is 3.71. The first-order valence-electron chi connectivity index (χ1n) is 16.0. The van der Waals surface area contributed by atoms with Gasteiger partial charge in [-0.15, -0.1) is 0 Å². The van der Waals surface area contributed by atoms with E-state index in [1.807, 2.05) is 18.3 Å². The Kier molecular flexibility index (Phi) is 8.10. The summed E-state index contributed by atoms with van der Waals surface area (Å²) in [6.07, 6.45) is 7.21. The molecule has 0 aliphatic carbocycles. The van der Waals surface area contributed by atoms with E-state index in [1.54, 1.807) is 12.1 Å². The molecule has 1 unspecified atom stereocenters. The number of hydrogen-bond donors (Lipinski definition) is 3. The number of carbonyl (C=O) groups excluding carboxylic acids is 1. The highest BCUT2D eigenvalue weighted by Crippen LogP contribution is 2.42. The predicted octanol–water partition coefficient (Wildman–Crippen LogP) is 6.91. The second kappa shape index (κ2) is 11.8. The maximum Gasteiger partial charge on any atom is 0.335 e. The van der Waals surface area contributed by atoms with Crippen molar-refractivity contribution in [2.45, 2.75) is 90.1 Å². The van der Waals surface area contributed by atoms with Crippen molar-refractivity contribution in [3.05, 3.63) is 88.1 Å². The maximum atomic E-state index is 14.0. The van der Waals surface area contributed by atoms with E-state index in [-0.39, 0.29) is 11.8 Å². The number of nitrogens with one attached hydrogen (secondary N) is 2. The SMILES string of the molecule is Cc1cc(C)cc(-c2[nH]c3ncc(C(C)(C)C(=O)N4C5CCC4CC5)cc3c2C(C)CNCCc2ccc(C(=O)O)cc2)c1. The molecule has 2 aliphatic rings. The number of benzene rings is 2. The van der Waals surface area contributed by atoms with Gasteiger partial charge in [0.05, 0.1) is 16.7 Å². The van der Waals surface area contributed by atoms with Crippen LogP contribution in [-0.2, 0) is 16.6 Å². The van der Waals surface area contributed by atoms with E-state index in [4.69, 9.17) is 4.98 Å². The Morgan fingerprint density at radius 3 is 2.27 bits per heavy atom. The van der Waals surface area contributed by atoms with E-state index in [0.29, 0.717) is 17.6 Å². The molecule has 2 aromatic heterocycles. The number of H-pyrrole nitrogens is 1. The van der Waals surface area contributed by atoms with Gasteiger partial charge in [-0.2, -0.15) is 0 Å². The molecule has 4 aromatic rings. The zero-order chi connectivity index (χ0) is 31.2. The van der Waals surface area contributed by atoms with Crippen LogP contribution in [0.2, 0.25) is 0 Å². The van der Waals surface area contributed by atoms with Crippen LogP contribution in [0, 0.1) is 13.8 Å². The summed E-state index contributed by atoms with van der Waals surface area (Å²) in [6.45, 7) is 12.2. The van der Waals surface area contributed by atoms with Gasteiger partial charge in [0.2, 0.25) is 5.91 Å². The van der Waals surface area contributed by atoms with E-state index in [2.05, 4.69) is 74.1 Å². The number of fused-ring (bicyclic) bond motifs is 3. The summed E-state index contributed by atoms with van der Waals surface area (Å²) < 4.78 is 0.